The van der Waals surface area contributed by atoms with Crippen LogP contribution in [0.2, 0.25) is 0 Å². The number of urea groups is 1. The maximum atomic E-state index is 12.1. The summed E-state index contributed by atoms with van der Waals surface area (Å²) in [5.74, 6) is 0.222. The number of methoxy groups -OCH3 is 1. The maximum absolute atomic E-state index is 12.1. The lowest BCUT2D eigenvalue weighted by Crippen LogP contribution is -2.29. The summed E-state index contributed by atoms with van der Waals surface area (Å²) in [5.41, 5.74) is 3.53. The minimum absolute atomic E-state index is 0.245. The Bertz CT molecular complexity index is 735. The molecule has 0 atom stereocenters. The van der Waals surface area contributed by atoms with Gasteiger partial charge in [0.25, 0.3) is 5.91 Å². The first-order valence-corrected chi connectivity index (χ1v) is 7.41. The second-order valence-corrected chi connectivity index (χ2v) is 5.21. The van der Waals surface area contributed by atoms with E-state index in [1.54, 1.807) is 25.2 Å². The molecule has 0 saturated heterocycles. The third-order valence-corrected chi connectivity index (χ3v) is 3.64. The van der Waals surface area contributed by atoms with Crippen LogP contribution in [0.25, 0.3) is 0 Å². The Hall–Kier alpha value is -3.03. The number of hydrogen-bond donors (Lipinski definition) is 4. The van der Waals surface area contributed by atoms with E-state index in [4.69, 9.17) is 4.74 Å². The normalized spacial score (nSPS) is 10.2. The Morgan fingerprint density at radius 3 is 2.62 bits per heavy atom. The van der Waals surface area contributed by atoms with Crippen LogP contribution < -0.4 is 20.7 Å². The van der Waals surface area contributed by atoms with Gasteiger partial charge in [-0.3, -0.25) is 9.89 Å². The molecule has 0 aliphatic heterocycles. The van der Waals surface area contributed by atoms with Crippen molar-refractivity contribution >= 4 is 17.6 Å². The van der Waals surface area contributed by atoms with Crippen molar-refractivity contribution in [1.29, 1.82) is 0 Å². The quantitative estimate of drug-likeness (QED) is 0.669. The lowest BCUT2D eigenvalue weighted by atomic mass is 10.1. The van der Waals surface area contributed by atoms with Gasteiger partial charge in [-0.15, -0.1) is 0 Å². The van der Waals surface area contributed by atoms with Gasteiger partial charge in [0.2, 0.25) is 0 Å². The number of H-pyrrole nitrogens is 1. The first kappa shape index (κ1) is 17.3. The van der Waals surface area contributed by atoms with E-state index in [-0.39, 0.29) is 5.91 Å². The molecule has 8 heteroatoms. The second-order valence-electron chi connectivity index (χ2n) is 5.21. The highest BCUT2D eigenvalue weighted by molar-refractivity contribution is 5.97. The van der Waals surface area contributed by atoms with E-state index in [1.807, 2.05) is 13.8 Å². The monoisotopic (exact) mass is 331 g/mol. The van der Waals surface area contributed by atoms with Gasteiger partial charge in [0.05, 0.1) is 18.5 Å². The molecule has 1 heterocycles. The molecule has 0 aliphatic rings. The Morgan fingerprint density at radius 2 is 2.04 bits per heavy atom. The van der Waals surface area contributed by atoms with Crippen molar-refractivity contribution in [2.75, 3.05) is 19.5 Å². The number of anilines is 1. The SMILES string of the molecule is CNC(=O)c1ccc(OC)c(NC(=O)NCc2c(C)n[nH]c2C)c1. The van der Waals surface area contributed by atoms with Gasteiger partial charge in [-0.05, 0) is 32.0 Å². The van der Waals surface area contributed by atoms with E-state index in [9.17, 15) is 9.59 Å². The molecule has 1 aromatic carbocycles. The van der Waals surface area contributed by atoms with Crippen LogP contribution in [0.4, 0.5) is 10.5 Å². The molecule has 0 aliphatic carbocycles. The summed E-state index contributed by atoms with van der Waals surface area (Å²) < 4.78 is 5.21. The van der Waals surface area contributed by atoms with Crippen LogP contribution >= 0.6 is 0 Å². The van der Waals surface area contributed by atoms with Crippen molar-refractivity contribution in [2.45, 2.75) is 20.4 Å². The molecule has 3 amide bonds. The molecular formula is C16H21N5O3. The summed E-state index contributed by atoms with van der Waals surface area (Å²) in [7, 11) is 3.04. The number of rotatable bonds is 5. The van der Waals surface area contributed by atoms with Crippen molar-refractivity contribution in [3.8, 4) is 5.75 Å². The number of nitrogens with one attached hydrogen (secondary N) is 4. The number of aromatic nitrogens is 2. The van der Waals surface area contributed by atoms with Crippen molar-refractivity contribution in [3.05, 3.63) is 40.7 Å². The van der Waals surface area contributed by atoms with Crippen LogP contribution in [0.5, 0.6) is 5.75 Å². The number of carbonyl (C=O) groups excluding carboxylic acids is 2. The van der Waals surface area contributed by atoms with E-state index in [0.717, 1.165) is 17.0 Å². The first-order chi connectivity index (χ1) is 11.5. The molecule has 2 aromatic rings. The van der Waals surface area contributed by atoms with Crippen LogP contribution in [-0.2, 0) is 6.54 Å². The topological polar surface area (TPSA) is 108 Å². The fourth-order valence-corrected chi connectivity index (χ4v) is 2.26. The van der Waals surface area contributed by atoms with E-state index >= 15 is 0 Å². The minimum atomic E-state index is -0.401. The van der Waals surface area contributed by atoms with Crippen molar-refractivity contribution < 1.29 is 14.3 Å². The molecule has 128 valence electrons. The number of aromatic amines is 1. The Morgan fingerprint density at radius 1 is 1.29 bits per heavy atom. The molecule has 4 N–H and O–H groups in total. The molecule has 0 saturated carbocycles. The second kappa shape index (κ2) is 7.49. The Kier molecular flexibility index (Phi) is 5.41. The van der Waals surface area contributed by atoms with E-state index in [0.29, 0.717) is 23.5 Å². The molecule has 0 spiro atoms. The van der Waals surface area contributed by atoms with Gasteiger partial charge in [0, 0.05) is 30.4 Å². The van der Waals surface area contributed by atoms with Gasteiger partial charge >= 0.3 is 6.03 Å². The van der Waals surface area contributed by atoms with Crippen molar-refractivity contribution in [2.24, 2.45) is 0 Å². The predicted molar refractivity (Wildman–Crippen MR) is 90.3 cm³/mol. The summed E-state index contributed by atoms with van der Waals surface area (Å²) in [5, 5.41) is 15.0. The molecule has 8 nitrogen and oxygen atoms in total. The van der Waals surface area contributed by atoms with Crippen LogP contribution in [-0.4, -0.2) is 36.3 Å². The smallest absolute Gasteiger partial charge is 0.319 e. The lowest BCUT2D eigenvalue weighted by Gasteiger charge is -2.12. The van der Waals surface area contributed by atoms with E-state index < -0.39 is 6.03 Å². The maximum Gasteiger partial charge on any atom is 0.319 e. The fraction of sp³-hybridized carbons (Fsp3) is 0.312. The van der Waals surface area contributed by atoms with Gasteiger partial charge in [0.15, 0.2) is 0 Å². The summed E-state index contributed by atoms with van der Waals surface area (Å²) in [6, 6.07) is 4.41. The summed E-state index contributed by atoms with van der Waals surface area (Å²) in [6.07, 6.45) is 0. The van der Waals surface area contributed by atoms with Crippen LogP contribution in [0.3, 0.4) is 0 Å². The van der Waals surface area contributed by atoms with Crippen molar-refractivity contribution in [1.82, 2.24) is 20.8 Å². The summed E-state index contributed by atoms with van der Waals surface area (Å²) in [6.45, 7) is 4.11. The molecule has 0 radical (unpaired) electrons. The highest BCUT2D eigenvalue weighted by Crippen LogP contribution is 2.25. The zero-order valence-electron chi connectivity index (χ0n) is 14.1. The molecule has 0 bridgehead atoms. The lowest BCUT2D eigenvalue weighted by molar-refractivity contribution is 0.0963. The molecule has 0 unspecified atom stereocenters. The van der Waals surface area contributed by atoms with E-state index in [1.165, 1.54) is 7.11 Å². The number of aryl methyl sites for hydroxylation is 2. The molecule has 24 heavy (non-hydrogen) atoms. The largest absolute Gasteiger partial charge is 0.495 e. The van der Waals surface area contributed by atoms with Crippen molar-refractivity contribution in [3.63, 3.8) is 0 Å². The summed E-state index contributed by atoms with van der Waals surface area (Å²) >= 11 is 0. The minimum Gasteiger partial charge on any atom is -0.495 e. The number of carbonyl (C=O) groups is 2. The third-order valence-electron chi connectivity index (χ3n) is 3.64. The van der Waals surface area contributed by atoms with Gasteiger partial charge in [-0.25, -0.2) is 4.79 Å². The standard InChI is InChI=1S/C16H21N5O3/c1-9-12(10(2)21-20-9)8-18-16(23)19-13-7-11(15(22)17-3)5-6-14(13)24-4/h5-7H,8H2,1-4H3,(H,17,22)(H,20,21)(H2,18,19,23). The summed E-state index contributed by atoms with van der Waals surface area (Å²) in [4.78, 5) is 23.9. The zero-order chi connectivity index (χ0) is 17.7. The first-order valence-electron chi connectivity index (χ1n) is 7.41. The van der Waals surface area contributed by atoms with Gasteiger partial charge in [0.1, 0.15) is 5.75 Å². The fourth-order valence-electron chi connectivity index (χ4n) is 2.26. The third kappa shape index (κ3) is 3.83. The number of ether oxygens (including phenoxy) is 1. The van der Waals surface area contributed by atoms with Gasteiger partial charge in [-0.2, -0.15) is 5.10 Å². The van der Waals surface area contributed by atoms with E-state index in [2.05, 4.69) is 26.1 Å². The number of nitrogens with zero attached hydrogens (tertiary/aromatic N) is 1. The predicted octanol–water partition coefficient (Wildman–Crippen LogP) is 1.72. The van der Waals surface area contributed by atoms with Crippen LogP contribution in [0, 0.1) is 13.8 Å². The molecule has 2 rings (SSSR count). The number of benzene rings is 1. The molecule has 0 fully saturated rings. The highest BCUT2D eigenvalue weighted by atomic mass is 16.5. The average Bonchev–Trinajstić information content (AvgIpc) is 2.90. The Labute approximate surface area is 140 Å². The van der Waals surface area contributed by atoms with Crippen LogP contribution in [0.15, 0.2) is 18.2 Å². The highest BCUT2D eigenvalue weighted by Gasteiger charge is 2.13. The van der Waals surface area contributed by atoms with Gasteiger partial charge in [-0.1, -0.05) is 0 Å². The average molecular weight is 331 g/mol. The zero-order valence-corrected chi connectivity index (χ0v) is 14.1. The number of hydrogen-bond acceptors (Lipinski definition) is 4. The Balaban J connectivity index is 2.08. The van der Waals surface area contributed by atoms with Crippen LogP contribution in [0.1, 0.15) is 27.3 Å². The van der Waals surface area contributed by atoms with Gasteiger partial charge < -0.3 is 20.7 Å². The molecular weight excluding hydrogens is 310 g/mol. The number of amides is 3. The molecule has 1 aromatic heterocycles.